The summed E-state index contributed by atoms with van der Waals surface area (Å²) in [6.45, 7) is 3.72. The third kappa shape index (κ3) is 6.12. The van der Waals surface area contributed by atoms with Crippen molar-refractivity contribution in [3.8, 4) is 0 Å². The Morgan fingerprint density at radius 3 is 2.57 bits per heavy atom. The Hall–Kier alpha value is -1.63. The van der Waals surface area contributed by atoms with E-state index in [1.807, 2.05) is 6.92 Å². The maximum Gasteiger partial charge on any atom is 0.251 e. The number of hydrogen-bond donors (Lipinski definition) is 2. The number of amides is 1. The first kappa shape index (κ1) is 17.4. The van der Waals surface area contributed by atoms with E-state index in [2.05, 4.69) is 15.6 Å². The summed E-state index contributed by atoms with van der Waals surface area (Å²) in [4.78, 5) is 16.6. The molecule has 0 aliphatic carbocycles. The smallest absolute Gasteiger partial charge is 0.251 e. The van der Waals surface area contributed by atoms with Gasteiger partial charge < -0.3 is 10.6 Å². The first-order valence-corrected chi connectivity index (χ1v) is 8.98. The molecular weight excluding hydrogens is 290 g/mol. The second kappa shape index (κ2) is 7.40. The molecule has 0 aromatic carbocycles. The maximum atomic E-state index is 12.2. The molecule has 0 fully saturated rings. The molecule has 0 saturated carbocycles. The molecule has 0 aliphatic rings. The lowest BCUT2D eigenvalue weighted by atomic mass is 10.1. The van der Waals surface area contributed by atoms with E-state index >= 15 is 0 Å². The first-order chi connectivity index (χ1) is 9.75. The van der Waals surface area contributed by atoms with E-state index in [4.69, 9.17) is 0 Å². The second-order valence-corrected chi connectivity index (χ2v) is 7.38. The number of aromatic nitrogens is 1. The highest BCUT2D eigenvalue weighted by Crippen LogP contribution is 2.12. The predicted octanol–water partition coefficient (Wildman–Crippen LogP) is 1.24. The summed E-state index contributed by atoms with van der Waals surface area (Å²) in [5.41, 5.74) is 1.32. The molecule has 1 unspecified atom stereocenters. The fraction of sp³-hybridized carbons (Fsp3) is 0.571. The topological polar surface area (TPSA) is 88.2 Å². The van der Waals surface area contributed by atoms with E-state index in [1.54, 1.807) is 26.1 Å². The molecule has 1 aromatic heterocycles. The van der Waals surface area contributed by atoms with Gasteiger partial charge in [0.15, 0.2) is 0 Å². The summed E-state index contributed by atoms with van der Waals surface area (Å²) in [6, 6.07) is 2.96. The van der Waals surface area contributed by atoms with Gasteiger partial charge in [-0.2, -0.15) is 0 Å². The minimum Gasteiger partial charge on any atom is -0.373 e. The van der Waals surface area contributed by atoms with Crippen molar-refractivity contribution in [1.29, 1.82) is 0 Å². The molecule has 1 heterocycles. The number of carbonyl (C=O) groups excluding carboxylic acids is 1. The van der Waals surface area contributed by atoms with Crippen LogP contribution in [0.2, 0.25) is 0 Å². The Morgan fingerprint density at radius 2 is 2.05 bits per heavy atom. The van der Waals surface area contributed by atoms with Crippen LogP contribution in [-0.4, -0.2) is 44.4 Å². The van der Waals surface area contributed by atoms with Crippen molar-refractivity contribution in [3.63, 3.8) is 0 Å². The van der Waals surface area contributed by atoms with Crippen LogP contribution in [0, 0.1) is 0 Å². The molecule has 0 aliphatic heterocycles. The zero-order valence-corrected chi connectivity index (χ0v) is 13.8. The van der Waals surface area contributed by atoms with Crippen molar-refractivity contribution in [2.24, 2.45) is 0 Å². The van der Waals surface area contributed by atoms with Gasteiger partial charge in [0.1, 0.15) is 15.7 Å². The number of anilines is 1. The van der Waals surface area contributed by atoms with E-state index in [0.717, 1.165) is 24.8 Å². The van der Waals surface area contributed by atoms with Crippen LogP contribution in [0.15, 0.2) is 12.1 Å². The van der Waals surface area contributed by atoms with Gasteiger partial charge in [-0.25, -0.2) is 13.4 Å². The highest BCUT2D eigenvalue weighted by atomic mass is 32.2. The highest BCUT2D eigenvalue weighted by molar-refractivity contribution is 7.90. The van der Waals surface area contributed by atoms with Crippen LogP contribution >= 0.6 is 0 Å². The fourth-order valence-electron chi connectivity index (χ4n) is 2.03. The van der Waals surface area contributed by atoms with Gasteiger partial charge in [0.25, 0.3) is 5.91 Å². The highest BCUT2D eigenvalue weighted by Gasteiger charge is 2.15. The summed E-state index contributed by atoms with van der Waals surface area (Å²) in [5.74, 6) is 0.258. The van der Waals surface area contributed by atoms with Gasteiger partial charge in [-0.3, -0.25) is 4.79 Å². The number of sulfone groups is 1. The van der Waals surface area contributed by atoms with E-state index in [9.17, 15) is 13.2 Å². The Kier molecular flexibility index (Phi) is 6.14. The molecule has 0 radical (unpaired) electrons. The van der Waals surface area contributed by atoms with E-state index in [-0.39, 0.29) is 11.7 Å². The summed E-state index contributed by atoms with van der Waals surface area (Å²) in [5, 5.41) is 5.63. The van der Waals surface area contributed by atoms with Crippen LogP contribution in [0.3, 0.4) is 0 Å². The summed E-state index contributed by atoms with van der Waals surface area (Å²) in [7, 11) is -1.38. The van der Waals surface area contributed by atoms with Crippen molar-refractivity contribution in [2.75, 3.05) is 24.4 Å². The molecule has 0 saturated heterocycles. The van der Waals surface area contributed by atoms with Gasteiger partial charge in [-0.1, -0.05) is 13.3 Å². The van der Waals surface area contributed by atoms with Crippen LogP contribution in [-0.2, 0) is 16.3 Å². The van der Waals surface area contributed by atoms with Gasteiger partial charge in [0, 0.05) is 30.6 Å². The van der Waals surface area contributed by atoms with Crippen molar-refractivity contribution in [2.45, 2.75) is 32.7 Å². The lowest BCUT2D eigenvalue weighted by molar-refractivity contribution is 0.0943. The molecule has 1 rings (SSSR count). The Morgan fingerprint density at radius 1 is 1.38 bits per heavy atom. The van der Waals surface area contributed by atoms with Gasteiger partial charge in [0.2, 0.25) is 0 Å². The van der Waals surface area contributed by atoms with Crippen molar-refractivity contribution in [3.05, 3.63) is 23.4 Å². The Bertz CT molecular complexity index is 599. The predicted molar refractivity (Wildman–Crippen MR) is 84.4 cm³/mol. The van der Waals surface area contributed by atoms with Gasteiger partial charge in [-0.05, 0) is 25.5 Å². The molecule has 2 N–H and O–H groups in total. The number of nitrogens with zero attached hydrogens (tertiary/aromatic N) is 1. The van der Waals surface area contributed by atoms with Crippen LogP contribution < -0.4 is 10.6 Å². The van der Waals surface area contributed by atoms with Crippen LogP contribution in [0.4, 0.5) is 5.82 Å². The molecule has 0 bridgehead atoms. The van der Waals surface area contributed by atoms with Gasteiger partial charge in [-0.15, -0.1) is 0 Å². The fourth-order valence-corrected chi connectivity index (χ4v) is 3.03. The number of pyridine rings is 1. The summed E-state index contributed by atoms with van der Waals surface area (Å²) in [6.07, 6.45) is 2.88. The zero-order chi connectivity index (χ0) is 16.0. The molecular formula is C14H23N3O3S. The van der Waals surface area contributed by atoms with Crippen LogP contribution in [0.5, 0.6) is 0 Å². The molecule has 1 aromatic rings. The monoisotopic (exact) mass is 313 g/mol. The average Bonchev–Trinajstić information content (AvgIpc) is 2.36. The molecule has 21 heavy (non-hydrogen) atoms. The lowest BCUT2D eigenvalue weighted by Gasteiger charge is -2.14. The SMILES string of the molecule is CCCc1cc(C(=O)NC(C)CS(C)(=O)=O)cc(NC)n1. The minimum atomic E-state index is -3.12. The Labute approximate surface area is 126 Å². The second-order valence-electron chi connectivity index (χ2n) is 5.20. The zero-order valence-electron chi connectivity index (χ0n) is 12.9. The molecule has 1 amide bonds. The number of carbonyl (C=O) groups is 1. The Balaban J connectivity index is 2.88. The van der Waals surface area contributed by atoms with Crippen LogP contribution in [0.1, 0.15) is 36.3 Å². The average molecular weight is 313 g/mol. The normalized spacial score (nSPS) is 12.8. The lowest BCUT2D eigenvalue weighted by Crippen LogP contribution is -2.37. The minimum absolute atomic E-state index is 0.0788. The number of hydrogen-bond acceptors (Lipinski definition) is 5. The third-order valence-electron chi connectivity index (χ3n) is 2.83. The number of rotatable bonds is 7. The molecule has 0 spiro atoms. The van der Waals surface area contributed by atoms with Crippen molar-refractivity contribution < 1.29 is 13.2 Å². The summed E-state index contributed by atoms with van der Waals surface area (Å²) < 4.78 is 22.5. The molecule has 118 valence electrons. The van der Waals surface area contributed by atoms with Gasteiger partial charge in [0.05, 0.1) is 5.75 Å². The van der Waals surface area contributed by atoms with E-state index < -0.39 is 15.9 Å². The van der Waals surface area contributed by atoms with Crippen molar-refractivity contribution >= 4 is 21.6 Å². The van der Waals surface area contributed by atoms with Gasteiger partial charge >= 0.3 is 0 Å². The van der Waals surface area contributed by atoms with Crippen LogP contribution in [0.25, 0.3) is 0 Å². The number of nitrogens with one attached hydrogen (secondary N) is 2. The first-order valence-electron chi connectivity index (χ1n) is 6.92. The quantitative estimate of drug-likeness (QED) is 0.790. The van der Waals surface area contributed by atoms with Crippen molar-refractivity contribution in [1.82, 2.24) is 10.3 Å². The molecule has 6 nitrogen and oxygen atoms in total. The molecule has 1 atom stereocenters. The van der Waals surface area contributed by atoms with E-state index in [0.29, 0.717) is 11.4 Å². The van der Waals surface area contributed by atoms with E-state index in [1.165, 1.54) is 0 Å². The third-order valence-corrected chi connectivity index (χ3v) is 3.94. The maximum absolute atomic E-state index is 12.2. The summed E-state index contributed by atoms with van der Waals surface area (Å²) >= 11 is 0. The molecule has 7 heteroatoms. The standard InChI is InChI=1S/C14H23N3O3S/c1-5-6-12-7-11(8-13(15-3)17-12)14(18)16-10(2)9-21(4,19)20/h7-8,10H,5-6,9H2,1-4H3,(H,15,17)(H,16,18). The largest absolute Gasteiger partial charge is 0.373 e. The number of aryl methyl sites for hydroxylation is 1.